The molecule has 1 fully saturated rings. The number of amides is 1. The normalized spacial score (nSPS) is 19.0. The minimum Gasteiger partial charge on any atom is -0.492 e. The number of ether oxygens (including phenoxy) is 1. The van der Waals surface area contributed by atoms with E-state index in [9.17, 15) is 13.2 Å². The predicted molar refractivity (Wildman–Crippen MR) is 163 cm³/mol. The Kier molecular flexibility index (Phi) is 7.41. The van der Waals surface area contributed by atoms with Gasteiger partial charge in [-0.1, -0.05) is 26.8 Å². The number of likely N-dealkylation sites (N-methyl/N-ethyl adjacent to an activating group) is 1. The second kappa shape index (κ2) is 10.6. The number of hydrazine groups is 2. The largest absolute Gasteiger partial charge is 0.492 e. The maximum absolute atomic E-state index is 13.5. The number of nitrogens with zero attached hydrogens (tertiary/aromatic N) is 3. The first kappa shape index (κ1) is 28.7. The van der Waals surface area contributed by atoms with Crippen molar-refractivity contribution >= 4 is 38.8 Å². The lowest BCUT2D eigenvalue weighted by atomic mass is 9.86. The van der Waals surface area contributed by atoms with Gasteiger partial charge < -0.3 is 20.4 Å². The highest BCUT2D eigenvalue weighted by molar-refractivity contribution is 7.92. The second-order valence-electron chi connectivity index (χ2n) is 12.0. The zero-order chi connectivity index (χ0) is 29.7. The molecule has 0 radical (unpaired) electrons. The van der Waals surface area contributed by atoms with Crippen molar-refractivity contribution in [3.05, 3.63) is 58.9 Å². The van der Waals surface area contributed by atoms with Crippen LogP contribution in [0.25, 0.3) is 0 Å². The molecule has 2 aliphatic heterocycles. The molecule has 1 aliphatic carbocycles. The summed E-state index contributed by atoms with van der Waals surface area (Å²) in [4.78, 5) is 20.6. The van der Waals surface area contributed by atoms with Gasteiger partial charge in [0.1, 0.15) is 5.84 Å². The van der Waals surface area contributed by atoms with Gasteiger partial charge in [0.15, 0.2) is 5.75 Å². The fourth-order valence-corrected chi connectivity index (χ4v) is 5.67. The first-order valence-electron chi connectivity index (χ1n) is 13.7. The lowest BCUT2D eigenvalue weighted by Gasteiger charge is -2.24. The molecule has 3 aliphatic rings. The van der Waals surface area contributed by atoms with Gasteiger partial charge in [-0.25, -0.2) is 8.42 Å². The van der Waals surface area contributed by atoms with Crippen molar-refractivity contribution in [2.45, 2.75) is 52.0 Å². The molecule has 220 valence electrons. The molecule has 11 nitrogen and oxygen atoms in total. The maximum Gasteiger partial charge on any atom is 0.255 e. The van der Waals surface area contributed by atoms with Gasteiger partial charge in [-0.3, -0.25) is 19.5 Å². The summed E-state index contributed by atoms with van der Waals surface area (Å²) in [6.07, 6.45) is 5.51. The average Bonchev–Trinajstić information content (AvgIpc) is 3.48. The van der Waals surface area contributed by atoms with Gasteiger partial charge in [-0.15, -0.1) is 5.53 Å². The number of rotatable bonds is 8. The number of hydrogen-bond donors (Lipinski definition) is 4. The number of aliphatic imine (C=N–C) groups is 1. The number of benzene rings is 2. The third-order valence-corrected chi connectivity index (χ3v) is 8.17. The Hall–Kier alpha value is -3.77. The van der Waals surface area contributed by atoms with Gasteiger partial charge in [0.25, 0.3) is 5.91 Å². The van der Waals surface area contributed by atoms with E-state index in [1.54, 1.807) is 12.1 Å². The summed E-state index contributed by atoms with van der Waals surface area (Å²) >= 11 is 0. The number of methoxy groups -OCH3 is 1. The van der Waals surface area contributed by atoms with Gasteiger partial charge in [-0.05, 0) is 60.6 Å². The summed E-state index contributed by atoms with van der Waals surface area (Å²) in [5.41, 5.74) is 10.9. The monoisotopic (exact) mass is 581 g/mol. The minimum absolute atomic E-state index is 0.132. The third-order valence-electron chi connectivity index (χ3n) is 7.58. The summed E-state index contributed by atoms with van der Waals surface area (Å²) in [7, 11) is -0.0514. The summed E-state index contributed by atoms with van der Waals surface area (Å²) in [6, 6.07) is 9.16. The van der Waals surface area contributed by atoms with Gasteiger partial charge in [-0.2, -0.15) is 0 Å². The first-order valence-corrected chi connectivity index (χ1v) is 15.6. The van der Waals surface area contributed by atoms with Crippen molar-refractivity contribution < 1.29 is 17.9 Å². The molecule has 0 bridgehead atoms. The maximum atomic E-state index is 13.5. The molecular weight excluding hydrogens is 542 g/mol. The fourth-order valence-electron chi connectivity index (χ4n) is 5.12. The van der Waals surface area contributed by atoms with Crippen LogP contribution in [0.15, 0.2) is 47.2 Å². The number of aryl methyl sites for hydroxylation is 1. The Labute approximate surface area is 242 Å². The standard InChI is InChI=1S/C29H39N7O4S/c1-17-8-9-19(12-24(17)36-16-23(32-34-36)25-15-30-27(35(25)5)18-10-11-18)28(37)31-21-13-20(29(2,3)4)14-22(26(21)40-6)33-41(7,38)39/h8-9,12-14,16,18,25,32-34H,10-11,15H2,1-7H3,(H,31,37). The van der Waals surface area contributed by atoms with E-state index < -0.39 is 10.0 Å². The van der Waals surface area contributed by atoms with Gasteiger partial charge in [0, 0.05) is 24.7 Å². The van der Waals surface area contributed by atoms with Crippen LogP contribution in [0.3, 0.4) is 0 Å². The SMILES string of the molecule is COc1c(NC(=O)c2ccc(C)c(N3C=C(C4CN=C(C5CC5)N4C)NN3)c2)cc(C(C)(C)C)cc1NS(C)(=O)=O. The van der Waals surface area contributed by atoms with Crippen LogP contribution in [-0.2, 0) is 15.4 Å². The van der Waals surface area contributed by atoms with E-state index in [0.717, 1.165) is 28.8 Å². The molecular formula is C29H39N7O4S. The summed E-state index contributed by atoms with van der Waals surface area (Å²) in [5.74, 6) is 1.66. The topological polar surface area (TPSA) is 127 Å². The van der Waals surface area contributed by atoms with Crippen LogP contribution >= 0.6 is 0 Å². The van der Waals surface area contributed by atoms with Gasteiger partial charge >= 0.3 is 0 Å². The van der Waals surface area contributed by atoms with Crippen molar-refractivity contribution in [1.82, 2.24) is 15.9 Å². The highest BCUT2D eigenvalue weighted by Gasteiger charge is 2.38. The summed E-state index contributed by atoms with van der Waals surface area (Å²) < 4.78 is 32.2. The second-order valence-corrected chi connectivity index (χ2v) is 13.7. The molecule has 0 spiro atoms. The smallest absolute Gasteiger partial charge is 0.255 e. The molecule has 2 heterocycles. The van der Waals surface area contributed by atoms with E-state index in [4.69, 9.17) is 9.73 Å². The van der Waals surface area contributed by atoms with Crippen molar-refractivity contribution in [3.63, 3.8) is 0 Å². The molecule has 1 amide bonds. The van der Waals surface area contributed by atoms with E-state index in [1.165, 1.54) is 25.8 Å². The Balaban J connectivity index is 1.40. The molecule has 0 saturated heterocycles. The fraction of sp³-hybridized carbons (Fsp3) is 0.448. The highest BCUT2D eigenvalue weighted by atomic mass is 32.2. The van der Waals surface area contributed by atoms with E-state index in [1.807, 2.05) is 57.1 Å². The summed E-state index contributed by atoms with van der Waals surface area (Å²) in [6.45, 7) is 8.73. The van der Waals surface area contributed by atoms with Crippen LogP contribution in [-0.4, -0.2) is 58.1 Å². The molecule has 4 N–H and O–H groups in total. The quantitative estimate of drug-likeness (QED) is 0.372. The van der Waals surface area contributed by atoms with Crippen molar-refractivity contribution in [1.29, 1.82) is 0 Å². The zero-order valence-electron chi connectivity index (χ0n) is 24.6. The Bertz CT molecular complexity index is 1540. The van der Waals surface area contributed by atoms with Gasteiger partial charge in [0.2, 0.25) is 10.0 Å². The van der Waals surface area contributed by atoms with Crippen molar-refractivity contribution in [2.75, 3.05) is 42.0 Å². The molecule has 2 aromatic rings. The molecule has 5 rings (SSSR count). The van der Waals surface area contributed by atoms with Crippen molar-refractivity contribution in [3.8, 4) is 5.75 Å². The molecule has 2 aromatic carbocycles. The van der Waals surface area contributed by atoms with Gasteiger partial charge in [0.05, 0.1) is 48.7 Å². The van der Waals surface area contributed by atoms with Crippen LogP contribution in [0.1, 0.15) is 55.1 Å². The summed E-state index contributed by atoms with van der Waals surface area (Å²) in [5, 5.41) is 4.82. The molecule has 1 atom stereocenters. The minimum atomic E-state index is -3.58. The lowest BCUT2D eigenvalue weighted by Crippen LogP contribution is -2.42. The zero-order valence-corrected chi connectivity index (χ0v) is 25.4. The first-order chi connectivity index (χ1) is 19.2. The van der Waals surface area contributed by atoms with Crippen LogP contribution in [0.5, 0.6) is 5.75 Å². The third kappa shape index (κ3) is 6.13. The van der Waals surface area contributed by atoms with Crippen LogP contribution in [0.4, 0.5) is 17.1 Å². The Morgan fingerprint density at radius 1 is 1.15 bits per heavy atom. The van der Waals surface area contributed by atoms with Crippen LogP contribution in [0, 0.1) is 12.8 Å². The van der Waals surface area contributed by atoms with E-state index in [-0.39, 0.29) is 28.8 Å². The van der Waals surface area contributed by atoms with Crippen LogP contribution < -0.4 is 30.7 Å². The molecule has 0 aromatic heterocycles. The van der Waals surface area contributed by atoms with Crippen LogP contribution in [0.2, 0.25) is 0 Å². The van der Waals surface area contributed by atoms with E-state index in [2.05, 4.69) is 32.9 Å². The Morgan fingerprint density at radius 3 is 2.49 bits per heavy atom. The van der Waals surface area contributed by atoms with Crippen molar-refractivity contribution in [2.24, 2.45) is 10.9 Å². The Morgan fingerprint density at radius 2 is 1.85 bits per heavy atom. The highest BCUT2D eigenvalue weighted by Crippen LogP contribution is 2.40. The molecule has 41 heavy (non-hydrogen) atoms. The molecule has 1 saturated carbocycles. The molecule has 12 heteroatoms. The molecule has 1 unspecified atom stereocenters. The predicted octanol–water partition coefficient (Wildman–Crippen LogP) is 3.72. The number of carbonyl (C=O) groups is 1. The number of carbonyl (C=O) groups excluding carboxylic acids is 1. The van der Waals surface area contributed by atoms with E-state index in [0.29, 0.717) is 23.7 Å². The number of sulfonamides is 1. The van der Waals surface area contributed by atoms with E-state index >= 15 is 0 Å². The lowest BCUT2D eigenvalue weighted by molar-refractivity contribution is 0.102. The number of nitrogens with one attached hydrogen (secondary N) is 4. The average molecular weight is 582 g/mol. The number of hydrogen-bond acceptors (Lipinski definition) is 9. The number of anilines is 3. The number of amidine groups is 1.